The summed E-state index contributed by atoms with van der Waals surface area (Å²) in [6, 6.07) is 0. The molecular formula is C8H5F12O. The summed E-state index contributed by atoms with van der Waals surface area (Å²) < 4.78 is 149. The van der Waals surface area contributed by atoms with E-state index >= 15 is 0 Å². The lowest BCUT2D eigenvalue weighted by atomic mass is 9.93. The number of alkyl halides is 12. The number of halogens is 12. The van der Waals surface area contributed by atoms with Gasteiger partial charge in [0.1, 0.15) is 0 Å². The van der Waals surface area contributed by atoms with Gasteiger partial charge in [-0.1, -0.05) is 0 Å². The summed E-state index contributed by atoms with van der Waals surface area (Å²) in [5.74, 6) is -35.3. The molecule has 0 aliphatic heterocycles. The Balaban J connectivity index is 5.96. The fraction of sp³-hybridized carbons (Fsp3) is 1.00. The second-order valence-corrected chi connectivity index (χ2v) is 3.81. The Morgan fingerprint density at radius 2 is 1.05 bits per heavy atom. The van der Waals surface area contributed by atoms with Crippen LogP contribution in [0.15, 0.2) is 0 Å². The second-order valence-electron chi connectivity index (χ2n) is 3.81. The smallest absolute Gasteiger partial charge is 0.236 e. The van der Waals surface area contributed by atoms with Gasteiger partial charge in [0.05, 0.1) is 6.61 Å². The normalized spacial score (nSPS) is 15.7. The molecule has 0 heterocycles. The average Bonchev–Trinajstić information content (AvgIpc) is 2.27. The molecule has 0 aromatic heterocycles. The minimum atomic E-state index is -7.54. The SMILES string of the molecule is [O]CCC(F)(F)C(F)(F)C(F)(F)C(F)(F)C(F)(F)C(F)F. The first kappa shape index (κ1) is 20.1. The van der Waals surface area contributed by atoms with E-state index in [1.54, 1.807) is 0 Å². The molecule has 127 valence electrons. The molecule has 0 spiro atoms. The molecule has 0 amide bonds. The molecule has 0 unspecified atom stereocenters. The Morgan fingerprint density at radius 1 is 0.667 bits per heavy atom. The van der Waals surface area contributed by atoms with Crippen LogP contribution in [0.1, 0.15) is 6.42 Å². The van der Waals surface area contributed by atoms with Crippen LogP contribution in [0.25, 0.3) is 0 Å². The fourth-order valence-electron chi connectivity index (χ4n) is 1.06. The zero-order valence-electron chi connectivity index (χ0n) is 9.44. The van der Waals surface area contributed by atoms with Gasteiger partial charge < -0.3 is 0 Å². The quantitative estimate of drug-likeness (QED) is 0.615. The molecule has 0 aromatic rings. The zero-order chi connectivity index (χ0) is 17.5. The highest BCUT2D eigenvalue weighted by atomic mass is 19.4. The predicted octanol–water partition coefficient (Wildman–Crippen LogP) is 4.25. The molecule has 0 bridgehead atoms. The Labute approximate surface area is 108 Å². The van der Waals surface area contributed by atoms with Gasteiger partial charge in [-0.05, 0) is 0 Å². The summed E-state index contributed by atoms with van der Waals surface area (Å²) in [7, 11) is 0. The van der Waals surface area contributed by atoms with Crippen molar-refractivity contribution in [2.45, 2.75) is 42.5 Å². The number of hydrogen-bond acceptors (Lipinski definition) is 0. The summed E-state index contributed by atoms with van der Waals surface area (Å²) in [6.07, 6.45) is -8.12. The number of rotatable bonds is 7. The highest BCUT2D eigenvalue weighted by Crippen LogP contribution is 2.58. The minimum absolute atomic E-state index is 2.13. The molecule has 0 N–H and O–H groups in total. The first-order valence-electron chi connectivity index (χ1n) is 4.76. The molecule has 0 saturated heterocycles. The van der Waals surface area contributed by atoms with E-state index in [1.807, 2.05) is 0 Å². The van der Waals surface area contributed by atoms with E-state index in [1.165, 1.54) is 0 Å². The van der Waals surface area contributed by atoms with Crippen LogP contribution in [-0.2, 0) is 5.11 Å². The number of hydrogen-bond donors (Lipinski definition) is 0. The molecule has 0 saturated carbocycles. The Hall–Kier alpha value is -0.880. The highest BCUT2D eigenvalue weighted by molar-refractivity contribution is 5.08. The van der Waals surface area contributed by atoms with Crippen LogP contribution in [0.2, 0.25) is 0 Å². The van der Waals surface area contributed by atoms with E-state index in [-0.39, 0.29) is 0 Å². The molecule has 0 aliphatic rings. The van der Waals surface area contributed by atoms with Gasteiger partial charge in [-0.25, -0.2) is 13.9 Å². The second kappa shape index (κ2) is 5.39. The van der Waals surface area contributed by atoms with Gasteiger partial charge in [-0.3, -0.25) is 0 Å². The molecule has 0 fully saturated rings. The highest BCUT2D eigenvalue weighted by Gasteiger charge is 2.87. The monoisotopic (exact) mass is 345 g/mol. The fourth-order valence-corrected chi connectivity index (χ4v) is 1.06. The molecule has 13 heteroatoms. The van der Waals surface area contributed by atoms with E-state index in [4.69, 9.17) is 0 Å². The first-order valence-corrected chi connectivity index (χ1v) is 4.76. The molecular weight excluding hydrogens is 340 g/mol. The van der Waals surface area contributed by atoms with Gasteiger partial charge in [-0.15, -0.1) is 0 Å². The van der Waals surface area contributed by atoms with Crippen molar-refractivity contribution >= 4 is 0 Å². The average molecular weight is 345 g/mol. The van der Waals surface area contributed by atoms with Gasteiger partial charge in [-0.2, -0.15) is 43.9 Å². The van der Waals surface area contributed by atoms with Crippen molar-refractivity contribution in [1.29, 1.82) is 0 Å². The maximum absolute atomic E-state index is 12.8. The summed E-state index contributed by atoms with van der Waals surface area (Å²) in [6.45, 7) is -2.13. The van der Waals surface area contributed by atoms with E-state index in [0.717, 1.165) is 0 Å². The largest absolute Gasteiger partial charge is 0.384 e. The maximum Gasteiger partial charge on any atom is 0.384 e. The van der Waals surface area contributed by atoms with Crippen molar-refractivity contribution < 1.29 is 57.8 Å². The predicted molar refractivity (Wildman–Crippen MR) is 40.9 cm³/mol. The van der Waals surface area contributed by atoms with Crippen LogP contribution < -0.4 is 0 Å². The molecule has 0 aromatic carbocycles. The van der Waals surface area contributed by atoms with Crippen molar-refractivity contribution in [3.8, 4) is 0 Å². The van der Waals surface area contributed by atoms with Crippen LogP contribution in [0, 0.1) is 0 Å². The first-order chi connectivity index (χ1) is 9.00. The standard InChI is InChI=1S/C8H5F12O/c9-3(10)5(13,14)7(17,18)8(19,20)6(15,16)4(11,12)1-2-21/h3H,1-2H2. The topological polar surface area (TPSA) is 19.9 Å². The van der Waals surface area contributed by atoms with Gasteiger partial charge in [0, 0.05) is 6.42 Å². The lowest BCUT2D eigenvalue weighted by molar-refractivity contribution is -0.413. The van der Waals surface area contributed by atoms with E-state index in [9.17, 15) is 57.8 Å². The third-order valence-electron chi connectivity index (χ3n) is 2.36. The van der Waals surface area contributed by atoms with Crippen LogP contribution in [-0.4, -0.2) is 42.6 Å². The molecule has 1 radical (unpaired) electrons. The van der Waals surface area contributed by atoms with Crippen molar-refractivity contribution in [3.05, 3.63) is 0 Å². The summed E-state index contributed by atoms with van der Waals surface area (Å²) in [4.78, 5) is 0. The van der Waals surface area contributed by atoms with Crippen molar-refractivity contribution in [2.24, 2.45) is 0 Å². The molecule has 1 nitrogen and oxygen atoms in total. The van der Waals surface area contributed by atoms with E-state index in [0.29, 0.717) is 0 Å². The molecule has 0 rings (SSSR count). The van der Waals surface area contributed by atoms with Crippen LogP contribution in [0.4, 0.5) is 52.7 Å². The summed E-state index contributed by atoms with van der Waals surface area (Å²) >= 11 is 0. The maximum atomic E-state index is 12.8. The van der Waals surface area contributed by atoms with Gasteiger partial charge >= 0.3 is 36.0 Å². The van der Waals surface area contributed by atoms with Gasteiger partial charge in [0.15, 0.2) is 0 Å². The molecule has 21 heavy (non-hydrogen) atoms. The van der Waals surface area contributed by atoms with Crippen molar-refractivity contribution in [1.82, 2.24) is 0 Å². The van der Waals surface area contributed by atoms with E-state index in [2.05, 4.69) is 0 Å². The Kier molecular flexibility index (Phi) is 5.17. The molecule has 0 atom stereocenters. The van der Waals surface area contributed by atoms with Gasteiger partial charge in [0.2, 0.25) is 0 Å². The van der Waals surface area contributed by atoms with Crippen LogP contribution >= 0.6 is 0 Å². The summed E-state index contributed by atoms with van der Waals surface area (Å²) in [5.41, 5.74) is 0. The lowest BCUT2D eigenvalue weighted by Crippen LogP contribution is -2.68. The zero-order valence-corrected chi connectivity index (χ0v) is 9.44. The summed E-state index contributed by atoms with van der Waals surface area (Å²) in [5, 5.41) is 9.76. The van der Waals surface area contributed by atoms with Crippen molar-refractivity contribution in [3.63, 3.8) is 0 Å². The molecule has 0 aliphatic carbocycles. The third-order valence-corrected chi connectivity index (χ3v) is 2.36. The minimum Gasteiger partial charge on any atom is -0.236 e. The van der Waals surface area contributed by atoms with Gasteiger partial charge in [0.25, 0.3) is 0 Å². The Bertz CT molecular complexity index is 362. The third kappa shape index (κ3) is 2.75. The van der Waals surface area contributed by atoms with E-state index < -0.39 is 49.1 Å². The van der Waals surface area contributed by atoms with Crippen LogP contribution in [0.3, 0.4) is 0 Å². The van der Waals surface area contributed by atoms with Crippen molar-refractivity contribution in [2.75, 3.05) is 6.61 Å². The lowest BCUT2D eigenvalue weighted by Gasteiger charge is -2.39. The van der Waals surface area contributed by atoms with Crippen LogP contribution in [0.5, 0.6) is 0 Å². The Morgan fingerprint density at radius 3 is 1.33 bits per heavy atom.